The van der Waals surface area contributed by atoms with Gasteiger partial charge in [-0.05, 0) is 43.2 Å². The van der Waals surface area contributed by atoms with Crippen LogP contribution in [0.1, 0.15) is 40.9 Å². The standard InChI is InChI=1S/C32H25Cl2F3N8O3/c33-25-17(5-1-7-19(25)39-28-27-21(9-3-11-38-27)41-31(42-28)32(35,36)37)18-6-2-8-20(26(18)34)40-29(46)22-13-24-23(10-4-12-45(24)43-22)44-14-16(15-44)30(47)48/h1-3,5-9,11,13,16,23H,4,10,12,14-15H2,(H,40,46)(H,47,48)(H,39,41,42)/t23-/m0/s1. The van der Waals surface area contributed by atoms with Gasteiger partial charge in [0.15, 0.2) is 11.5 Å². The molecule has 11 nitrogen and oxygen atoms in total. The van der Waals surface area contributed by atoms with Gasteiger partial charge in [-0.1, -0.05) is 47.5 Å². The number of halogens is 5. The predicted molar refractivity (Wildman–Crippen MR) is 172 cm³/mol. The van der Waals surface area contributed by atoms with Crippen LogP contribution in [0, 0.1) is 5.92 Å². The molecule has 2 aromatic carbocycles. The molecular weight excluding hydrogens is 672 g/mol. The molecular formula is C32H25Cl2F3N8O3. The fraction of sp³-hybridized carbons (Fsp3) is 0.250. The van der Waals surface area contributed by atoms with E-state index < -0.39 is 29.8 Å². The van der Waals surface area contributed by atoms with E-state index in [0.29, 0.717) is 36.4 Å². The van der Waals surface area contributed by atoms with Crippen molar-refractivity contribution < 1.29 is 27.9 Å². The first-order chi connectivity index (χ1) is 23.0. The van der Waals surface area contributed by atoms with Crippen LogP contribution in [-0.2, 0) is 17.5 Å². The summed E-state index contributed by atoms with van der Waals surface area (Å²) in [5.41, 5.74) is 2.62. The smallest absolute Gasteiger partial charge is 0.451 e. The molecule has 1 saturated heterocycles. The third-order valence-corrected chi connectivity index (χ3v) is 9.24. The number of aromatic nitrogens is 5. The van der Waals surface area contributed by atoms with Crippen molar-refractivity contribution in [2.24, 2.45) is 5.92 Å². The van der Waals surface area contributed by atoms with Gasteiger partial charge in [0.2, 0.25) is 5.82 Å². The topological polar surface area (TPSA) is 138 Å². The number of aliphatic carboxylic acids is 1. The quantitative estimate of drug-likeness (QED) is 0.163. The molecule has 246 valence electrons. The van der Waals surface area contributed by atoms with E-state index in [-0.39, 0.29) is 44.3 Å². The first-order valence-electron chi connectivity index (χ1n) is 14.9. The third-order valence-electron chi connectivity index (χ3n) is 8.43. The zero-order valence-corrected chi connectivity index (χ0v) is 26.3. The highest BCUT2D eigenvalue weighted by atomic mass is 35.5. The highest BCUT2D eigenvalue weighted by molar-refractivity contribution is 6.39. The van der Waals surface area contributed by atoms with Crippen molar-refractivity contribution in [2.75, 3.05) is 23.7 Å². The minimum absolute atomic E-state index is 0.00236. The minimum Gasteiger partial charge on any atom is -0.481 e. The number of likely N-dealkylation sites (tertiary alicyclic amines) is 1. The molecule has 3 aromatic heterocycles. The van der Waals surface area contributed by atoms with E-state index in [1.54, 1.807) is 47.1 Å². The Kier molecular flexibility index (Phi) is 8.17. The van der Waals surface area contributed by atoms with E-state index in [0.717, 1.165) is 18.5 Å². The van der Waals surface area contributed by atoms with Crippen LogP contribution in [0.4, 0.5) is 30.4 Å². The number of carbonyl (C=O) groups is 2. The van der Waals surface area contributed by atoms with Crippen LogP contribution in [0.3, 0.4) is 0 Å². The SMILES string of the molecule is O=C(Nc1cccc(-c2cccc(Nc3nc(C(F)(F)F)nc4cccnc34)c2Cl)c1Cl)c1cc2n(n1)CCC[C@@H]2N1CC(C(=O)O)C1. The molecule has 1 atom stereocenters. The van der Waals surface area contributed by atoms with Gasteiger partial charge in [-0.25, -0.2) is 9.97 Å². The van der Waals surface area contributed by atoms with Crippen LogP contribution in [-0.4, -0.2) is 59.7 Å². The number of benzene rings is 2. The lowest BCUT2D eigenvalue weighted by molar-refractivity contribution is -0.149. The molecule has 0 aliphatic carbocycles. The number of pyridine rings is 1. The van der Waals surface area contributed by atoms with Gasteiger partial charge in [-0.2, -0.15) is 18.3 Å². The molecule has 0 bridgehead atoms. The lowest BCUT2D eigenvalue weighted by Crippen LogP contribution is -2.52. The Morgan fingerprint density at radius 1 is 0.958 bits per heavy atom. The second-order valence-corrected chi connectivity index (χ2v) is 12.3. The summed E-state index contributed by atoms with van der Waals surface area (Å²) in [7, 11) is 0. The summed E-state index contributed by atoms with van der Waals surface area (Å²) >= 11 is 13.6. The molecule has 0 unspecified atom stereocenters. The van der Waals surface area contributed by atoms with Crippen LogP contribution in [0.25, 0.3) is 22.2 Å². The van der Waals surface area contributed by atoms with Gasteiger partial charge >= 0.3 is 12.1 Å². The van der Waals surface area contributed by atoms with Crippen LogP contribution in [0.15, 0.2) is 60.8 Å². The van der Waals surface area contributed by atoms with Crippen molar-refractivity contribution in [3.8, 4) is 11.1 Å². The zero-order valence-electron chi connectivity index (χ0n) is 24.8. The number of anilines is 3. The maximum atomic E-state index is 13.6. The molecule has 2 aliphatic heterocycles. The van der Waals surface area contributed by atoms with E-state index >= 15 is 0 Å². The second kappa shape index (κ2) is 12.3. The molecule has 0 spiro atoms. The summed E-state index contributed by atoms with van der Waals surface area (Å²) in [6, 6.07) is 14.5. The van der Waals surface area contributed by atoms with Gasteiger partial charge in [0, 0.05) is 37.0 Å². The van der Waals surface area contributed by atoms with E-state index in [9.17, 15) is 27.9 Å². The van der Waals surface area contributed by atoms with Gasteiger partial charge < -0.3 is 15.7 Å². The van der Waals surface area contributed by atoms with Crippen molar-refractivity contribution in [1.29, 1.82) is 0 Å². The summed E-state index contributed by atoms with van der Waals surface area (Å²) in [6.07, 6.45) is -1.68. The molecule has 0 saturated carbocycles. The van der Waals surface area contributed by atoms with E-state index in [1.807, 2.05) is 0 Å². The summed E-state index contributed by atoms with van der Waals surface area (Å²) in [4.78, 5) is 38.2. The molecule has 2 aliphatic rings. The Bertz CT molecular complexity index is 2080. The van der Waals surface area contributed by atoms with Gasteiger partial charge in [0.05, 0.1) is 44.6 Å². The van der Waals surface area contributed by atoms with E-state index in [2.05, 4.69) is 35.6 Å². The highest BCUT2D eigenvalue weighted by Gasteiger charge is 2.40. The van der Waals surface area contributed by atoms with Crippen LogP contribution in [0.5, 0.6) is 0 Å². The van der Waals surface area contributed by atoms with Gasteiger partial charge in [0.1, 0.15) is 5.52 Å². The number of carboxylic acid groups (broad SMARTS) is 1. The Morgan fingerprint density at radius 2 is 1.67 bits per heavy atom. The van der Waals surface area contributed by atoms with Crippen molar-refractivity contribution in [3.05, 3.63) is 88.1 Å². The number of amides is 1. The van der Waals surface area contributed by atoms with E-state index in [4.69, 9.17) is 23.2 Å². The van der Waals surface area contributed by atoms with Crippen molar-refractivity contribution >= 4 is 63.3 Å². The Labute approximate surface area is 280 Å². The molecule has 1 amide bonds. The van der Waals surface area contributed by atoms with Crippen LogP contribution >= 0.6 is 23.2 Å². The Morgan fingerprint density at radius 3 is 2.38 bits per heavy atom. The highest BCUT2D eigenvalue weighted by Crippen LogP contribution is 2.42. The zero-order chi connectivity index (χ0) is 33.7. The minimum atomic E-state index is -4.79. The number of nitrogens with one attached hydrogen (secondary N) is 2. The molecule has 3 N–H and O–H groups in total. The Hall–Kier alpha value is -4.79. The largest absolute Gasteiger partial charge is 0.481 e. The number of carbonyl (C=O) groups excluding carboxylic acids is 1. The van der Waals surface area contributed by atoms with Crippen molar-refractivity contribution in [2.45, 2.75) is 31.6 Å². The monoisotopic (exact) mass is 696 g/mol. The fourth-order valence-electron chi connectivity index (χ4n) is 6.03. The number of fused-ring (bicyclic) bond motifs is 2. The van der Waals surface area contributed by atoms with Crippen molar-refractivity contribution in [3.63, 3.8) is 0 Å². The first kappa shape index (κ1) is 31.8. The number of carboxylic acids is 1. The maximum Gasteiger partial charge on any atom is 0.451 e. The molecule has 16 heteroatoms. The lowest BCUT2D eigenvalue weighted by atomic mass is 9.93. The molecule has 7 rings (SSSR count). The maximum absolute atomic E-state index is 13.6. The normalized spacial score (nSPS) is 16.7. The third kappa shape index (κ3) is 5.91. The summed E-state index contributed by atoms with van der Waals surface area (Å²) in [5.74, 6) is -3.19. The van der Waals surface area contributed by atoms with Crippen molar-refractivity contribution in [1.82, 2.24) is 29.6 Å². The second-order valence-electron chi connectivity index (χ2n) is 11.5. The lowest BCUT2D eigenvalue weighted by Gasteiger charge is -2.43. The number of nitrogens with zero attached hydrogens (tertiary/aromatic N) is 6. The molecule has 5 aromatic rings. The Balaban J connectivity index is 1.14. The predicted octanol–water partition coefficient (Wildman–Crippen LogP) is 7.06. The summed E-state index contributed by atoms with van der Waals surface area (Å²) in [6.45, 7) is 1.55. The van der Waals surface area contributed by atoms with Crippen LogP contribution < -0.4 is 10.6 Å². The summed E-state index contributed by atoms with van der Waals surface area (Å²) in [5, 5.41) is 19.8. The number of hydrogen-bond donors (Lipinski definition) is 3. The van der Waals surface area contributed by atoms with Gasteiger partial charge in [0.25, 0.3) is 5.91 Å². The molecule has 0 radical (unpaired) electrons. The molecule has 1 fully saturated rings. The summed E-state index contributed by atoms with van der Waals surface area (Å²) < 4.78 is 42.5. The number of aryl methyl sites for hydroxylation is 1. The fourth-order valence-corrected chi connectivity index (χ4v) is 6.58. The van der Waals surface area contributed by atoms with E-state index in [1.165, 1.54) is 18.3 Å². The average Bonchev–Trinajstić information content (AvgIpc) is 3.47. The average molecular weight is 698 g/mol. The molecule has 5 heterocycles. The van der Waals surface area contributed by atoms with Gasteiger partial charge in [-0.3, -0.25) is 24.2 Å². The molecule has 48 heavy (non-hydrogen) atoms. The number of alkyl halides is 3. The first-order valence-corrected chi connectivity index (χ1v) is 15.6. The van der Waals surface area contributed by atoms with Gasteiger partial charge in [-0.15, -0.1) is 0 Å². The van der Waals surface area contributed by atoms with Crippen LogP contribution in [0.2, 0.25) is 10.0 Å². The number of rotatable bonds is 7. The number of hydrogen-bond acceptors (Lipinski definition) is 8.